The van der Waals surface area contributed by atoms with Crippen LogP contribution in [0.5, 0.6) is 0 Å². The zero-order valence-corrected chi connectivity index (χ0v) is 7.47. The molecule has 0 amide bonds. The summed E-state index contributed by atoms with van der Waals surface area (Å²) >= 11 is 0. The topological polar surface area (TPSA) is 72.2 Å². The van der Waals surface area contributed by atoms with E-state index in [9.17, 15) is 8.42 Å². The minimum atomic E-state index is -3.00. The number of sulfone groups is 1. The molecule has 0 aromatic rings. The molecule has 0 bridgehead atoms. The van der Waals surface area contributed by atoms with Crippen molar-refractivity contribution < 1.29 is 8.42 Å². The van der Waals surface area contributed by atoms with Crippen LogP contribution in [0.15, 0.2) is 0 Å². The van der Waals surface area contributed by atoms with Gasteiger partial charge in [0, 0.05) is 0 Å². The molecule has 2 atom stereocenters. The molecule has 0 saturated carbocycles. The lowest BCUT2D eigenvalue weighted by atomic mass is 10.1. The van der Waals surface area contributed by atoms with Gasteiger partial charge in [-0.2, -0.15) is 0 Å². The summed E-state index contributed by atoms with van der Waals surface area (Å²) in [7, 11) is -3.00. The van der Waals surface area contributed by atoms with E-state index < -0.39 is 21.1 Å². The smallest absolute Gasteiger partial charge is 0.155 e. The van der Waals surface area contributed by atoms with E-state index in [4.69, 9.17) is 12.3 Å². The fourth-order valence-corrected chi connectivity index (χ4v) is 3.42. The highest BCUT2D eigenvalue weighted by atomic mass is 32.2. The Kier molecular flexibility index (Phi) is 2.73. The molecule has 5 heteroatoms. The largest absolute Gasteiger partial charge is 0.270 e. The molecule has 1 heterocycles. The van der Waals surface area contributed by atoms with Crippen LogP contribution in [0.25, 0.3) is 0 Å². The van der Waals surface area contributed by atoms with Crippen LogP contribution in [0.1, 0.15) is 12.8 Å². The average Bonchev–Trinajstić information content (AvgIpc) is 2.34. The number of nitrogens with two attached hydrogens (primary N) is 1. The highest BCUT2D eigenvalue weighted by molar-refractivity contribution is 7.92. The Labute approximate surface area is 72.4 Å². The summed E-state index contributed by atoms with van der Waals surface area (Å²) in [6.45, 7) is 0. The molecule has 4 nitrogen and oxygen atoms in total. The second-order valence-electron chi connectivity index (χ2n) is 2.86. The molecule has 0 spiro atoms. The predicted octanol–water partition coefficient (Wildman–Crippen LogP) is -0.971. The van der Waals surface area contributed by atoms with E-state index in [2.05, 4.69) is 11.3 Å². The van der Waals surface area contributed by atoms with Gasteiger partial charge in [0.1, 0.15) is 0 Å². The fraction of sp³-hybridized carbons (Fsp3) is 0.714. The number of rotatable bonds is 2. The van der Waals surface area contributed by atoms with E-state index in [-0.39, 0.29) is 5.75 Å². The van der Waals surface area contributed by atoms with Crippen LogP contribution in [0.4, 0.5) is 0 Å². The van der Waals surface area contributed by atoms with Crippen LogP contribution in [-0.4, -0.2) is 25.5 Å². The Balaban J connectivity index is 2.83. The molecule has 3 N–H and O–H groups in total. The number of terminal acetylenes is 1. The van der Waals surface area contributed by atoms with Gasteiger partial charge < -0.3 is 0 Å². The molecule has 0 aromatic heterocycles. The first-order valence-corrected chi connectivity index (χ1v) is 5.47. The SMILES string of the molecule is C#CC(NN)C1CCCS1(=O)=O. The van der Waals surface area contributed by atoms with Gasteiger partial charge in [-0.05, 0) is 12.8 Å². The van der Waals surface area contributed by atoms with E-state index in [0.717, 1.165) is 0 Å². The summed E-state index contributed by atoms with van der Waals surface area (Å²) in [6, 6.07) is -0.544. The molecular formula is C7H12N2O2S. The summed E-state index contributed by atoms with van der Waals surface area (Å²) < 4.78 is 22.7. The fourth-order valence-electron chi connectivity index (χ4n) is 1.45. The van der Waals surface area contributed by atoms with E-state index in [1.54, 1.807) is 0 Å². The maximum Gasteiger partial charge on any atom is 0.155 e. The van der Waals surface area contributed by atoms with Crippen LogP contribution in [-0.2, 0) is 9.84 Å². The lowest BCUT2D eigenvalue weighted by Crippen LogP contribution is -2.44. The van der Waals surface area contributed by atoms with Gasteiger partial charge in [-0.25, -0.2) is 13.8 Å². The quantitative estimate of drug-likeness (QED) is 0.332. The van der Waals surface area contributed by atoms with E-state index in [1.807, 2.05) is 0 Å². The average molecular weight is 188 g/mol. The third kappa shape index (κ3) is 1.61. The van der Waals surface area contributed by atoms with Crippen LogP contribution in [0.3, 0.4) is 0 Å². The number of hydrogen-bond donors (Lipinski definition) is 2. The lowest BCUT2D eigenvalue weighted by Gasteiger charge is -2.15. The second kappa shape index (κ2) is 3.44. The molecular weight excluding hydrogens is 176 g/mol. The second-order valence-corrected chi connectivity index (χ2v) is 5.20. The molecule has 1 aliphatic rings. The van der Waals surface area contributed by atoms with Gasteiger partial charge in [-0.1, -0.05) is 5.92 Å². The maximum absolute atomic E-state index is 11.3. The van der Waals surface area contributed by atoms with E-state index in [1.165, 1.54) is 0 Å². The maximum atomic E-state index is 11.3. The van der Waals surface area contributed by atoms with Crippen molar-refractivity contribution in [2.75, 3.05) is 5.75 Å². The van der Waals surface area contributed by atoms with Gasteiger partial charge in [-0.3, -0.25) is 5.84 Å². The van der Waals surface area contributed by atoms with E-state index in [0.29, 0.717) is 12.8 Å². The van der Waals surface area contributed by atoms with Crippen LogP contribution < -0.4 is 11.3 Å². The highest BCUT2D eigenvalue weighted by Gasteiger charge is 2.36. The molecule has 12 heavy (non-hydrogen) atoms. The van der Waals surface area contributed by atoms with Crippen LogP contribution >= 0.6 is 0 Å². The third-order valence-electron chi connectivity index (χ3n) is 2.11. The molecule has 68 valence electrons. The summed E-state index contributed by atoms with van der Waals surface area (Å²) in [4.78, 5) is 0. The first-order valence-electron chi connectivity index (χ1n) is 3.75. The standard InChI is InChI=1S/C7H12N2O2S/c1-2-6(9-8)7-4-3-5-12(7,10)11/h1,6-7,9H,3-5,8H2. The van der Waals surface area contributed by atoms with Crippen molar-refractivity contribution in [2.45, 2.75) is 24.1 Å². The highest BCUT2D eigenvalue weighted by Crippen LogP contribution is 2.22. The van der Waals surface area contributed by atoms with E-state index >= 15 is 0 Å². The molecule has 1 fully saturated rings. The summed E-state index contributed by atoms with van der Waals surface area (Å²) in [5, 5.41) is -0.493. The number of hydrazine groups is 1. The van der Waals surface area contributed by atoms with Crippen molar-refractivity contribution in [3.05, 3.63) is 0 Å². The molecule has 1 saturated heterocycles. The van der Waals surface area contributed by atoms with Gasteiger partial charge >= 0.3 is 0 Å². The van der Waals surface area contributed by atoms with Crippen LogP contribution in [0, 0.1) is 12.3 Å². The summed E-state index contributed by atoms with van der Waals surface area (Å²) in [5.74, 6) is 7.69. The monoisotopic (exact) mass is 188 g/mol. The first-order chi connectivity index (χ1) is 5.61. The zero-order chi connectivity index (χ0) is 9.19. The van der Waals surface area contributed by atoms with Gasteiger partial charge in [0.15, 0.2) is 9.84 Å². The Bertz CT molecular complexity index is 291. The van der Waals surface area contributed by atoms with Gasteiger partial charge in [0.2, 0.25) is 0 Å². The van der Waals surface area contributed by atoms with Gasteiger partial charge in [-0.15, -0.1) is 6.42 Å². The Morgan fingerprint density at radius 2 is 2.33 bits per heavy atom. The van der Waals surface area contributed by atoms with Crippen molar-refractivity contribution in [3.63, 3.8) is 0 Å². The molecule has 0 aliphatic carbocycles. The molecule has 1 rings (SSSR count). The number of nitrogens with one attached hydrogen (secondary N) is 1. The summed E-state index contributed by atoms with van der Waals surface area (Å²) in [6.07, 6.45) is 6.43. The van der Waals surface area contributed by atoms with Crippen molar-refractivity contribution in [1.82, 2.24) is 5.43 Å². The lowest BCUT2D eigenvalue weighted by molar-refractivity contribution is 0.548. The Morgan fingerprint density at radius 3 is 2.67 bits per heavy atom. The van der Waals surface area contributed by atoms with Crippen molar-refractivity contribution >= 4 is 9.84 Å². The van der Waals surface area contributed by atoms with Gasteiger partial charge in [0.05, 0.1) is 17.0 Å². The Morgan fingerprint density at radius 1 is 1.67 bits per heavy atom. The first kappa shape index (κ1) is 9.52. The molecule has 2 unspecified atom stereocenters. The van der Waals surface area contributed by atoms with Crippen LogP contribution in [0.2, 0.25) is 0 Å². The predicted molar refractivity (Wildman–Crippen MR) is 46.8 cm³/mol. The molecule has 0 aromatic carbocycles. The number of hydrogen-bond acceptors (Lipinski definition) is 4. The van der Waals surface area contributed by atoms with Crippen molar-refractivity contribution in [1.29, 1.82) is 0 Å². The minimum Gasteiger partial charge on any atom is -0.270 e. The normalized spacial score (nSPS) is 29.5. The third-order valence-corrected chi connectivity index (χ3v) is 4.40. The van der Waals surface area contributed by atoms with Crippen molar-refractivity contribution in [3.8, 4) is 12.3 Å². The Hall–Kier alpha value is -0.570. The molecule has 0 radical (unpaired) electrons. The summed E-state index contributed by atoms with van der Waals surface area (Å²) in [5.41, 5.74) is 2.33. The molecule has 1 aliphatic heterocycles. The zero-order valence-electron chi connectivity index (χ0n) is 6.66. The van der Waals surface area contributed by atoms with Gasteiger partial charge in [0.25, 0.3) is 0 Å². The van der Waals surface area contributed by atoms with Crippen molar-refractivity contribution in [2.24, 2.45) is 5.84 Å². The minimum absolute atomic E-state index is 0.234.